The Bertz CT molecular complexity index is 228. The monoisotopic (exact) mass is 229 g/mol. The molecule has 0 aromatic carbocycles. The van der Waals surface area contributed by atoms with E-state index in [0.29, 0.717) is 26.2 Å². The summed E-state index contributed by atoms with van der Waals surface area (Å²) in [5, 5.41) is 8.56. The Morgan fingerprint density at radius 2 is 2.12 bits per heavy atom. The van der Waals surface area contributed by atoms with Gasteiger partial charge >= 0.3 is 0 Å². The molecule has 1 saturated heterocycles. The van der Waals surface area contributed by atoms with Crippen molar-refractivity contribution in [1.82, 2.24) is 4.90 Å². The molecule has 1 fully saturated rings. The summed E-state index contributed by atoms with van der Waals surface area (Å²) in [4.78, 5) is 13.7. The van der Waals surface area contributed by atoms with Crippen molar-refractivity contribution in [2.24, 2.45) is 5.41 Å². The molecule has 0 radical (unpaired) electrons. The highest BCUT2D eigenvalue weighted by Crippen LogP contribution is 2.30. The molecule has 0 spiro atoms. The number of amides is 1. The molecule has 4 nitrogen and oxygen atoms in total. The number of hydrogen-bond acceptors (Lipinski definition) is 3. The average Bonchev–Trinajstić information content (AvgIpc) is 2.36. The third kappa shape index (κ3) is 4.49. The van der Waals surface area contributed by atoms with Crippen LogP contribution >= 0.6 is 0 Å². The molecule has 1 aliphatic rings. The lowest BCUT2D eigenvalue weighted by Gasteiger charge is -2.23. The largest absolute Gasteiger partial charge is 0.394 e. The molecule has 1 N–H and O–H groups in total. The molecule has 1 rings (SSSR count). The molecule has 94 valence electrons. The minimum Gasteiger partial charge on any atom is -0.394 e. The molecule has 1 amide bonds. The van der Waals surface area contributed by atoms with Crippen molar-refractivity contribution in [3.05, 3.63) is 0 Å². The van der Waals surface area contributed by atoms with E-state index >= 15 is 0 Å². The molecular weight excluding hydrogens is 206 g/mol. The summed E-state index contributed by atoms with van der Waals surface area (Å²) in [6, 6.07) is 0. The minimum absolute atomic E-state index is 0.0426. The number of rotatable bonds is 5. The van der Waals surface area contributed by atoms with Gasteiger partial charge in [0.15, 0.2) is 0 Å². The normalized spacial score (nSPS) is 20.9. The zero-order valence-corrected chi connectivity index (χ0v) is 10.4. The number of carbonyl (C=O) groups is 1. The lowest BCUT2D eigenvalue weighted by Crippen LogP contribution is -2.33. The first-order chi connectivity index (χ1) is 7.55. The first-order valence-corrected chi connectivity index (χ1v) is 6.01. The van der Waals surface area contributed by atoms with Crippen molar-refractivity contribution in [1.29, 1.82) is 0 Å². The zero-order chi connectivity index (χ0) is 12.0. The van der Waals surface area contributed by atoms with E-state index in [1.54, 1.807) is 0 Å². The third-order valence-corrected chi connectivity index (χ3v) is 3.17. The molecule has 1 aliphatic heterocycles. The lowest BCUT2D eigenvalue weighted by molar-refractivity contribution is -0.131. The van der Waals surface area contributed by atoms with E-state index < -0.39 is 0 Å². The number of nitrogens with zero attached hydrogens (tertiary/aromatic N) is 1. The van der Waals surface area contributed by atoms with E-state index in [1.165, 1.54) is 0 Å². The van der Waals surface area contributed by atoms with E-state index in [0.717, 1.165) is 19.4 Å². The lowest BCUT2D eigenvalue weighted by atomic mass is 9.85. The first-order valence-electron chi connectivity index (χ1n) is 6.01. The van der Waals surface area contributed by atoms with Crippen LogP contribution in [0.15, 0.2) is 0 Å². The van der Waals surface area contributed by atoms with Crippen LogP contribution in [0.2, 0.25) is 0 Å². The maximum atomic E-state index is 11.8. The van der Waals surface area contributed by atoms with Gasteiger partial charge in [-0.3, -0.25) is 4.79 Å². The van der Waals surface area contributed by atoms with Crippen LogP contribution in [0.3, 0.4) is 0 Å². The van der Waals surface area contributed by atoms with E-state index in [9.17, 15) is 4.79 Å². The van der Waals surface area contributed by atoms with Gasteiger partial charge in [-0.2, -0.15) is 0 Å². The molecule has 0 aliphatic carbocycles. The highest BCUT2D eigenvalue weighted by Gasteiger charge is 2.26. The maximum absolute atomic E-state index is 11.8. The van der Waals surface area contributed by atoms with Crippen molar-refractivity contribution in [3.63, 3.8) is 0 Å². The van der Waals surface area contributed by atoms with E-state index in [2.05, 4.69) is 13.8 Å². The molecule has 0 saturated carbocycles. The van der Waals surface area contributed by atoms with Gasteiger partial charge in [-0.15, -0.1) is 0 Å². The third-order valence-electron chi connectivity index (χ3n) is 3.17. The van der Waals surface area contributed by atoms with Gasteiger partial charge in [0, 0.05) is 19.5 Å². The maximum Gasteiger partial charge on any atom is 0.222 e. The van der Waals surface area contributed by atoms with Crippen LogP contribution in [0.5, 0.6) is 0 Å². The smallest absolute Gasteiger partial charge is 0.222 e. The summed E-state index contributed by atoms with van der Waals surface area (Å²) in [5.74, 6) is 0.234. The molecule has 4 heteroatoms. The Morgan fingerprint density at radius 3 is 2.81 bits per heavy atom. The summed E-state index contributed by atoms with van der Waals surface area (Å²) < 4.78 is 5.18. The quantitative estimate of drug-likeness (QED) is 0.716. The van der Waals surface area contributed by atoms with Crippen molar-refractivity contribution in [2.75, 3.05) is 32.9 Å². The van der Waals surface area contributed by atoms with Gasteiger partial charge < -0.3 is 14.7 Å². The summed E-state index contributed by atoms with van der Waals surface area (Å²) in [6.45, 7) is 6.82. The van der Waals surface area contributed by atoms with Crippen LogP contribution in [-0.4, -0.2) is 48.8 Å². The minimum atomic E-state index is 0.0426. The van der Waals surface area contributed by atoms with Gasteiger partial charge in [-0.1, -0.05) is 13.8 Å². The van der Waals surface area contributed by atoms with Crippen LogP contribution in [0.4, 0.5) is 0 Å². The molecular formula is C12H23NO3. The highest BCUT2D eigenvalue weighted by molar-refractivity contribution is 5.76. The zero-order valence-electron chi connectivity index (χ0n) is 10.4. The number of hydrogen-bond donors (Lipinski definition) is 1. The molecule has 16 heavy (non-hydrogen) atoms. The Kier molecular flexibility index (Phi) is 5.22. The van der Waals surface area contributed by atoms with Crippen molar-refractivity contribution >= 4 is 5.91 Å². The average molecular weight is 229 g/mol. The van der Waals surface area contributed by atoms with E-state index in [4.69, 9.17) is 9.84 Å². The Labute approximate surface area is 97.6 Å². The van der Waals surface area contributed by atoms with Crippen LogP contribution in [0.1, 0.15) is 33.1 Å². The summed E-state index contributed by atoms with van der Waals surface area (Å²) in [7, 11) is 0. The molecule has 0 atom stereocenters. The van der Waals surface area contributed by atoms with Gasteiger partial charge in [-0.25, -0.2) is 0 Å². The Balaban J connectivity index is 2.32. The van der Waals surface area contributed by atoms with Gasteiger partial charge in [0.05, 0.1) is 19.8 Å². The number of aliphatic hydroxyl groups is 1. The topological polar surface area (TPSA) is 49.8 Å². The fraction of sp³-hybridized carbons (Fsp3) is 0.917. The Morgan fingerprint density at radius 1 is 1.38 bits per heavy atom. The van der Waals surface area contributed by atoms with E-state index in [-0.39, 0.29) is 17.9 Å². The summed E-state index contributed by atoms with van der Waals surface area (Å²) in [5.41, 5.74) is 0.274. The SMILES string of the molecule is CC1(C)CCC(=O)N(CCOCCO)CC1. The molecule has 0 bridgehead atoms. The number of ether oxygens (including phenoxy) is 1. The summed E-state index contributed by atoms with van der Waals surface area (Å²) >= 11 is 0. The van der Waals surface area contributed by atoms with Crippen molar-refractivity contribution < 1.29 is 14.6 Å². The molecule has 0 aromatic heterocycles. The number of aliphatic hydroxyl groups excluding tert-OH is 1. The van der Waals surface area contributed by atoms with Gasteiger partial charge in [0.25, 0.3) is 0 Å². The predicted octanol–water partition coefficient (Wildman–Crippen LogP) is 1.03. The second kappa shape index (κ2) is 6.21. The standard InChI is InChI=1S/C12H23NO3/c1-12(2)4-3-11(15)13(6-5-12)7-9-16-10-8-14/h14H,3-10H2,1-2H3. The summed E-state index contributed by atoms with van der Waals surface area (Å²) in [6.07, 6.45) is 2.67. The van der Waals surface area contributed by atoms with E-state index in [1.807, 2.05) is 4.90 Å². The van der Waals surface area contributed by atoms with Crippen LogP contribution in [0.25, 0.3) is 0 Å². The van der Waals surface area contributed by atoms with Crippen molar-refractivity contribution in [3.8, 4) is 0 Å². The molecule has 0 unspecified atom stereocenters. The fourth-order valence-electron chi connectivity index (χ4n) is 1.87. The number of likely N-dealkylation sites (tertiary alicyclic amines) is 1. The van der Waals surface area contributed by atoms with Gasteiger partial charge in [0.1, 0.15) is 0 Å². The predicted molar refractivity (Wildman–Crippen MR) is 62.1 cm³/mol. The molecule has 1 heterocycles. The van der Waals surface area contributed by atoms with Gasteiger partial charge in [0.2, 0.25) is 5.91 Å². The molecule has 0 aromatic rings. The van der Waals surface area contributed by atoms with Crippen LogP contribution in [0, 0.1) is 5.41 Å². The van der Waals surface area contributed by atoms with Crippen molar-refractivity contribution in [2.45, 2.75) is 33.1 Å². The second-order valence-corrected chi connectivity index (χ2v) is 5.13. The number of carbonyl (C=O) groups excluding carboxylic acids is 1. The fourth-order valence-corrected chi connectivity index (χ4v) is 1.87. The Hall–Kier alpha value is -0.610. The van der Waals surface area contributed by atoms with Crippen LogP contribution < -0.4 is 0 Å². The van der Waals surface area contributed by atoms with Gasteiger partial charge in [-0.05, 0) is 18.3 Å². The first kappa shape index (κ1) is 13.5. The van der Waals surface area contributed by atoms with Crippen LogP contribution in [-0.2, 0) is 9.53 Å². The highest BCUT2D eigenvalue weighted by atomic mass is 16.5. The second-order valence-electron chi connectivity index (χ2n) is 5.13.